The van der Waals surface area contributed by atoms with Gasteiger partial charge in [-0.2, -0.15) is 0 Å². The van der Waals surface area contributed by atoms with Gasteiger partial charge in [0.1, 0.15) is 5.69 Å². The zero-order valence-electron chi connectivity index (χ0n) is 11.0. The Labute approximate surface area is 120 Å². The van der Waals surface area contributed by atoms with Crippen molar-refractivity contribution < 1.29 is 14.8 Å². The lowest BCUT2D eigenvalue weighted by molar-refractivity contribution is -0.384. The molecule has 2 aromatic rings. The van der Waals surface area contributed by atoms with E-state index < -0.39 is 10.9 Å². The van der Waals surface area contributed by atoms with E-state index in [1.54, 1.807) is 12.4 Å². The number of anilines is 1. The van der Waals surface area contributed by atoms with Crippen LogP contribution in [0, 0.1) is 10.1 Å². The Hall–Kier alpha value is -2.96. The summed E-state index contributed by atoms with van der Waals surface area (Å²) < 4.78 is 0. The second-order valence-electron chi connectivity index (χ2n) is 4.33. The van der Waals surface area contributed by atoms with Gasteiger partial charge in [0.15, 0.2) is 0 Å². The molecule has 0 atom stereocenters. The average molecular weight is 287 g/mol. The Morgan fingerprint density at radius 3 is 2.62 bits per heavy atom. The van der Waals surface area contributed by atoms with Gasteiger partial charge in [0.2, 0.25) is 0 Å². The Bertz CT molecular complexity index is 659. The Morgan fingerprint density at radius 2 is 2.00 bits per heavy atom. The average Bonchev–Trinajstić information content (AvgIpc) is 2.48. The van der Waals surface area contributed by atoms with E-state index in [4.69, 9.17) is 5.11 Å². The van der Waals surface area contributed by atoms with Gasteiger partial charge >= 0.3 is 5.97 Å². The van der Waals surface area contributed by atoms with Crippen molar-refractivity contribution in [1.29, 1.82) is 0 Å². The van der Waals surface area contributed by atoms with Crippen LogP contribution in [0.1, 0.15) is 15.9 Å². The van der Waals surface area contributed by atoms with Crippen LogP contribution in [0.4, 0.5) is 11.4 Å². The Balaban J connectivity index is 2.12. The largest absolute Gasteiger partial charge is 0.478 e. The maximum atomic E-state index is 10.9. The molecule has 1 heterocycles. The van der Waals surface area contributed by atoms with E-state index in [9.17, 15) is 14.9 Å². The topological polar surface area (TPSA) is 105 Å². The van der Waals surface area contributed by atoms with Crippen LogP contribution in [0.15, 0.2) is 42.7 Å². The highest BCUT2D eigenvalue weighted by Gasteiger charge is 2.16. The lowest BCUT2D eigenvalue weighted by Gasteiger charge is -2.08. The van der Waals surface area contributed by atoms with E-state index in [0.29, 0.717) is 13.0 Å². The minimum absolute atomic E-state index is 0.00649. The van der Waals surface area contributed by atoms with Crippen molar-refractivity contribution >= 4 is 17.3 Å². The predicted molar refractivity (Wildman–Crippen MR) is 76.5 cm³/mol. The number of aromatic nitrogens is 1. The molecule has 0 spiro atoms. The van der Waals surface area contributed by atoms with Gasteiger partial charge < -0.3 is 10.4 Å². The SMILES string of the molecule is O=C(O)c1ccc([N+](=O)[O-])c(NCCc2ccncc2)c1. The summed E-state index contributed by atoms with van der Waals surface area (Å²) in [6.45, 7) is 0.452. The molecule has 0 aliphatic heterocycles. The molecule has 2 N–H and O–H groups in total. The van der Waals surface area contributed by atoms with E-state index in [-0.39, 0.29) is 16.9 Å². The van der Waals surface area contributed by atoms with Crippen LogP contribution < -0.4 is 5.32 Å². The third-order valence-electron chi connectivity index (χ3n) is 2.92. The van der Waals surface area contributed by atoms with Crippen molar-refractivity contribution in [2.75, 3.05) is 11.9 Å². The molecule has 0 unspecified atom stereocenters. The number of carboxylic acid groups (broad SMARTS) is 1. The molecule has 0 saturated heterocycles. The number of benzene rings is 1. The van der Waals surface area contributed by atoms with Crippen LogP contribution >= 0.6 is 0 Å². The Morgan fingerprint density at radius 1 is 1.29 bits per heavy atom. The molecule has 0 saturated carbocycles. The molecular formula is C14H13N3O4. The predicted octanol–water partition coefficient (Wildman–Crippen LogP) is 2.34. The third kappa shape index (κ3) is 3.75. The minimum atomic E-state index is -1.12. The van der Waals surface area contributed by atoms with Gasteiger partial charge in [-0.15, -0.1) is 0 Å². The van der Waals surface area contributed by atoms with Gasteiger partial charge in [0.05, 0.1) is 10.5 Å². The zero-order valence-corrected chi connectivity index (χ0v) is 11.0. The molecular weight excluding hydrogens is 274 g/mol. The van der Waals surface area contributed by atoms with Crippen LogP contribution in [-0.2, 0) is 6.42 Å². The van der Waals surface area contributed by atoms with Crippen molar-refractivity contribution in [3.63, 3.8) is 0 Å². The number of nitro benzene ring substituents is 1. The maximum absolute atomic E-state index is 10.9. The van der Waals surface area contributed by atoms with Crippen molar-refractivity contribution in [2.45, 2.75) is 6.42 Å². The van der Waals surface area contributed by atoms with E-state index >= 15 is 0 Å². The van der Waals surface area contributed by atoms with Gasteiger partial charge in [0.25, 0.3) is 5.69 Å². The first-order valence-corrected chi connectivity index (χ1v) is 6.22. The molecule has 0 fully saturated rings. The van der Waals surface area contributed by atoms with Crippen LogP contribution in [-0.4, -0.2) is 27.5 Å². The normalized spacial score (nSPS) is 10.1. The Kier molecular flexibility index (Phi) is 4.45. The van der Waals surface area contributed by atoms with E-state index in [2.05, 4.69) is 10.3 Å². The number of aromatic carboxylic acids is 1. The van der Waals surface area contributed by atoms with Crippen LogP contribution in [0.3, 0.4) is 0 Å². The zero-order chi connectivity index (χ0) is 15.2. The highest BCUT2D eigenvalue weighted by atomic mass is 16.6. The minimum Gasteiger partial charge on any atom is -0.478 e. The van der Waals surface area contributed by atoms with Gasteiger partial charge in [-0.1, -0.05) is 0 Å². The van der Waals surface area contributed by atoms with E-state index in [1.165, 1.54) is 18.2 Å². The fourth-order valence-corrected chi connectivity index (χ4v) is 1.86. The summed E-state index contributed by atoms with van der Waals surface area (Å²) in [5, 5.41) is 22.8. The first-order chi connectivity index (χ1) is 10.1. The second kappa shape index (κ2) is 6.47. The summed E-state index contributed by atoms with van der Waals surface area (Å²) in [6.07, 6.45) is 3.99. The van der Waals surface area contributed by atoms with Gasteiger partial charge in [-0.3, -0.25) is 15.1 Å². The summed E-state index contributed by atoms with van der Waals surface area (Å²) in [5.41, 5.74) is 1.10. The number of nitro groups is 1. The number of carboxylic acids is 1. The van der Waals surface area contributed by atoms with Gasteiger partial charge in [-0.05, 0) is 36.2 Å². The molecule has 2 rings (SSSR count). The van der Waals surface area contributed by atoms with Crippen LogP contribution in [0.25, 0.3) is 0 Å². The number of hydrogen-bond acceptors (Lipinski definition) is 5. The van der Waals surface area contributed by atoms with Crippen molar-refractivity contribution in [1.82, 2.24) is 4.98 Å². The number of nitrogens with one attached hydrogen (secondary N) is 1. The number of hydrogen-bond donors (Lipinski definition) is 2. The van der Waals surface area contributed by atoms with Gasteiger partial charge in [-0.25, -0.2) is 4.79 Å². The van der Waals surface area contributed by atoms with Crippen LogP contribution in [0.2, 0.25) is 0 Å². The summed E-state index contributed by atoms with van der Waals surface area (Å²) in [4.78, 5) is 25.2. The molecule has 0 amide bonds. The van der Waals surface area contributed by atoms with Crippen molar-refractivity contribution in [3.05, 3.63) is 64.0 Å². The molecule has 1 aromatic carbocycles. The lowest BCUT2D eigenvalue weighted by atomic mass is 10.1. The smallest absolute Gasteiger partial charge is 0.335 e. The highest BCUT2D eigenvalue weighted by Crippen LogP contribution is 2.25. The standard InChI is InChI=1S/C14H13N3O4/c18-14(19)11-1-2-13(17(20)21)12(9-11)16-8-5-10-3-6-15-7-4-10/h1-4,6-7,9,16H,5,8H2,(H,18,19). The molecule has 7 heteroatoms. The fourth-order valence-electron chi connectivity index (χ4n) is 1.86. The lowest BCUT2D eigenvalue weighted by Crippen LogP contribution is -2.08. The van der Waals surface area contributed by atoms with Crippen molar-refractivity contribution in [3.8, 4) is 0 Å². The summed E-state index contributed by atoms with van der Waals surface area (Å²) >= 11 is 0. The van der Waals surface area contributed by atoms with E-state index in [1.807, 2.05) is 12.1 Å². The second-order valence-corrected chi connectivity index (χ2v) is 4.33. The first-order valence-electron chi connectivity index (χ1n) is 6.22. The maximum Gasteiger partial charge on any atom is 0.335 e. The number of nitrogens with zero attached hydrogens (tertiary/aromatic N) is 2. The van der Waals surface area contributed by atoms with Crippen molar-refractivity contribution in [2.24, 2.45) is 0 Å². The molecule has 21 heavy (non-hydrogen) atoms. The number of pyridine rings is 1. The summed E-state index contributed by atoms with van der Waals surface area (Å²) in [7, 11) is 0. The highest BCUT2D eigenvalue weighted by molar-refractivity contribution is 5.90. The molecule has 0 bridgehead atoms. The molecule has 0 radical (unpaired) electrons. The van der Waals surface area contributed by atoms with Crippen LogP contribution in [0.5, 0.6) is 0 Å². The summed E-state index contributed by atoms with van der Waals surface area (Å²) in [6, 6.07) is 7.38. The fraction of sp³-hybridized carbons (Fsp3) is 0.143. The molecule has 1 aromatic heterocycles. The third-order valence-corrected chi connectivity index (χ3v) is 2.92. The van der Waals surface area contributed by atoms with Gasteiger partial charge in [0, 0.05) is 25.0 Å². The number of carbonyl (C=O) groups is 1. The monoisotopic (exact) mass is 287 g/mol. The number of rotatable bonds is 6. The van der Waals surface area contributed by atoms with E-state index in [0.717, 1.165) is 5.56 Å². The quantitative estimate of drug-likeness (QED) is 0.624. The molecule has 108 valence electrons. The molecule has 0 aliphatic rings. The first kappa shape index (κ1) is 14.4. The summed E-state index contributed by atoms with van der Waals surface area (Å²) in [5.74, 6) is -1.12. The molecule has 0 aliphatic carbocycles. The molecule has 7 nitrogen and oxygen atoms in total.